The second-order valence-corrected chi connectivity index (χ2v) is 4.60. The van der Waals surface area contributed by atoms with Crippen molar-refractivity contribution in [1.29, 1.82) is 0 Å². The van der Waals surface area contributed by atoms with Gasteiger partial charge in [-0.3, -0.25) is 0 Å². The van der Waals surface area contributed by atoms with Crippen molar-refractivity contribution in [2.24, 2.45) is 0 Å². The lowest BCUT2D eigenvalue weighted by molar-refractivity contribution is 0.690. The van der Waals surface area contributed by atoms with Crippen LogP contribution in [0.3, 0.4) is 0 Å². The first-order chi connectivity index (χ1) is 5.58. The van der Waals surface area contributed by atoms with E-state index < -0.39 is 11.0 Å². The van der Waals surface area contributed by atoms with Crippen LogP contribution in [0, 0.1) is 6.92 Å². The molecule has 0 aliphatic carbocycles. The molecule has 0 fully saturated rings. The monoisotopic (exact) mass is 247 g/mol. The third-order valence-electron chi connectivity index (χ3n) is 1.30. The van der Waals surface area contributed by atoms with Crippen molar-refractivity contribution in [2.75, 3.05) is 11.0 Å². The Morgan fingerprint density at radius 1 is 1.42 bits per heavy atom. The van der Waals surface area contributed by atoms with Crippen LogP contribution in [0.4, 0.5) is 5.69 Å². The highest BCUT2D eigenvalue weighted by atomic mass is 79.9. The van der Waals surface area contributed by atoms with Gasteiger partial charge in [0.15, 0.2) is 0 Å². The second kappa shape index (κ2) is 4.05. The highest BCUT2D eigenvalue weighted by Gasteiger charge is 1.96. The maximum absolute atomic E-state index is 10.8. The van der Waals surface area contributed by atoms with Crippen LogP contribution in [-0.4, -0.2) is 10.5 Å². The molecule has 4 heteroatoms. The van der Waals surface area contributed by atoms with E-state index in [1.54, 1.807) is 6.26 Å². The topological polar surface area (TPSA) is 29.1 Å². The molecule has 0 bridgehead atoms. The first kappa shape index (κ1) is 9.74. The van der Waals surface area contributed by atoms with Gasteiger partial charge in [0.05, 0.1) is 0 Å². The molecule has 1 aromatic rings. The van der Waals surface area contributed by atoms with Crippen LogP contribution in [0.5, 0.6) is 0 Å². The van der Waals surface area contributed by atoms with Crippen LogP contribution in [-0.2, 0) is 11.0 Å². The molecule has 1 N–H and O–H groups in total. The van der Waals surface area contributed by atoms with Gasteiger partial charge in [0.25, 0.3) is 0 Å². The standard InChI is InChI=1S/C8H10BrNOS/c1-6-3-7(9)5-8(4-6)10-12(2)11/h3-5,10H,1-2H3. The molecular formula is C8H10BrNOS. The number of benzene rings is 1. The molecule has 1 unspecified atom stereocenters. The molecule has 1 rings (SSSR count). The zero-order chi connectivity index (χ0) is 9.14. The summed E-state index contributed by atoms with van der Waals surface area (Å²) in [5.41, 5.74) is 2.01. The Labute approximate surface area is 83.1 Å². The molecule has 0 spiro atoms. The van der Waals surface area contributed by atoms with E-state index in [1.807, 2.05) is 25.1 Å². The second-order valence-electron chi connectivity index (χ2n) is 2.57. The molecule has 0 aromatic heterocycles. The van der Waals surface area contributed by atoms with E-state index in [4.69, 9.17) is 0 Å². The Kier molecular flexibility index (Phi) is 3.29. The molecule has 0 saturated heterocycles. The quantitative estimate of drug-likeness (QED) is 0.855. The van der Waals surface area contributed by atoms with E-state index in [0.717, 1.165) is 15.7 Å². The molecule has 1 atom stereocenters. The van der Waals surface area contributed by atoms with Gasteiger partial charge in [-0.1, -0.05) is 15.9 Å². The molecule has 66 valence electrons. The zero-order valence-corrected chi connectivity index (χ0v) is 9.33. The van der Waals surface area contributed by atoms with E-state index in [1.165, 1.54) is 0 Å². The van der Waals surface area contributed by atoms with Crippen molar-refractivity contribution >= 4 is 32.6 Å². The summed E-state index contributed by atoms with van der Waals surface area (Å²) in [4.78, 5) is 0. The molecule has 12 heavy (non-hydrogen) atoms. The molecule has 1 aromatic carbocycles. The summed E-state index contributed by atoms with van der Waals surface area (Å²) in [6.45, 7) is 1.99. The van der Waals surface area contributed by atoms with Gasteiger partial charge in [0.1, 0.15) is 11.0 Å². The van der Waals surface area contributed by atoms with Gasteiger partial charge in [-0.25, -0.2) is 4.21 Å². The molecule has 0 aliphatic rings. The average molecular weight is 248 g/mol. The van der Waals surface area contributed by atoms with E-state index in [2.05, 4.69) is 20.7 Å². The fourth-order valence-corrected chi connectivity index (χ4v) is 2.02. The maximum Gasteiger partial charge on any atom is 0.113 e. The molecule has 0 amide bonds. The van der Waals surface area contributed by atoms with Crippen molar-refractivity contribution in [3.63, 3.8) is 0 Å². The summed E-state index contributed by atoms with van der Waals surface area (Å²) in [7, 11) is -1.00. The minimum absolute atomic E-state index is 0.878. The van der Waals surface area contributed by atoms with Gasteiger partial charge in [0, 0.05) is 16.4 Å². The smallest absolute Gasteiger partial charge is 0.113 e. The van der Waals surface area contributed by atoms with Crippen LogP contribution in [0.2, 0.25) is 0 Å². The van der Waals surface area contributed by atoms with Gasteiger partial charge in [-0.15, -0.1) is 0 Å². The third kappa shape index (κ3) is 2.95. The van der Waals surface area contributed by atoms with Gasteiger partial charge in [-0.05, 0) is 30.7 Å². The summed E-state index contributed by atoms with van der Waals surface area (Å²) in [6, 6.07) is 5.85. The Morgan fingerprint density at radius 2 is 2.08 bits per heavy atom. The molecule has 0 heterocycles. The van der Waals surface area contributed by atoms with Crippen molar-refractivity contribution < 1.29 is 4.21 Å². The van der Waals surface area contributed by atoms with Crippen LogP contribution in [0.15, 0.2) is 22.7 Å². The van der Waals surface area contributed by atoms with Crippen LogP contribution >= 0.6 is 15.9 Å². The molecule has 0 saturated carbocycles. The molecule has 0 aliphatic heterocycles. The first-order valence-electron chi connectivity index (χ1n) is 3.45. The van der Waals surface area contributed by atoms with Gasteiger partial charge in [0.2, 0.25) is 0 Å². The summed E-state index contributed by atoms with van der Waals surface area (Å²) < 4.78 is 14.6. The van der Waals surface area contributed by atoms with Crippen molar-refractivity contribution in [1.82, 2.24) is 0 Å². The van der Waals surface area contributed by atoms with E-state index >= 15 is 0 Å². The fraction of sp³-hybridized carbons (Fsp3) is 0.250. The fourth-order valence-electron chi connectivity index (χ4n) is 0.961. The number of rotatable bonds is 2. The average Bonchev–Trinajstić information content (AvgIpc) is 1.81. The predicted octanol–water partition coefficient (Wildman–Crippen LogP) is 2.46. The van der Waals surface area contributed by atoms with Gasteiger partial charge in [-0.2, -0.15) is 0 Å². The zero-order valence-electron chi connectivity index (χ0n) is 6.93. The van der Waals surface area contributed by atoms with Crippen molar-refractivity contribution in [3.8, 4) is 0 Å². The molecule has 2 nitrogen and oxygen atoms in total. The third-order valence-corrected chi connectivity index (χ3v) is 2.28. The minimum atomic E-state index is -1.00. The molecule has 0 radical (unpaired) electrons. The van der Waals surface area contributed by atoms with Gasteiger partial charge >= 0.3 is 0 Å². The molecular weight excluding hydrogens is 238 g/mol. The predicted molar refractivity (Wildman–Crippen MR) is 56.6 cm³/mol. The van der Waals surface area contributed by atoms with Crippen LogP contribution < -0.4 is 4.72 Å². The van der Waals surface area contributed by atoms with Crippen LogP contribution in [0.25, 0.3) is 0 Å². The van der Waals surface area contributed by atoms with Crippen LogP contribution in [0.1, 0.15) is 5.56 Å². The number of anilines is 1. The summed E-state index contributed by atoms with van der Waals surface area (Å²) in [6.07, 6.45) is 1.61. The number of hydrogen-bond donors (Lipinski definition) is 1. The summed E-state index contributed by atoms with van der Waals surface area (Å²) >= 11 is 3.36. The lowest BCUT2D eigenvalue weighted by Crippen LogP contribution is -2.00. The maximum atomic E-state index is 10.8. The summed E-state index contributed by atoms with van der Waals surface area (Å²) in [5.74, 6) is 0. The first-order valence-corrected chi connectivity index (χ1v) is 5.80. The Morgan fingerprint density at radius 3 is 2.58 bits per heavy atom. The van der Waals surface area contributed by atoms with E-state index in [0.29, 0.717) is 0 Å². The number of hydrogen-bond acceptors (Lipinski definition) is 1. The highest BCUT2D eigenvalue weighted by molar-refractivity contribution is 9.10. The lowest BCUT2D eigenvalue weighted by atomic mass is 10.2. The Hall–Kier alpha value is -0.350. The van der Waals surface area contributed by atoms with Gasteiger partial charge < -0.3 is 4.72 Å². The lowest BCUT2D eigenvalue weighted by Gasteiger charge is -2.03. The Bertz CT molecular complexity index is 294. The Balaban J connectivity index is 2.93. The highest BCUT2D eigenvalue weighted by Crippen LogP contribution is 2.18. The van der Waals surface area contributed by atoms with E-state index in [9.17, 15) is 4.21 Å². The number of halogens is 1. The normalized spacial score (nSPS) is 12.6. The number of aryl methyl sites for hydroxylation is 1. The summed E-state index contributed by atoms with van der Waals surface area (Å²) in [5, 5.41) is 0. The number of nitrogens with one attached hydrogen (secondary N) is 1. The largest absolute Gasteiger partial charge is 0.305 e. The minimum Gasteiger partial charge on any atom is -0.305 e. The van der Waals surface area contributed by atoms with Crippen molar-refractivity contribution in [2.45, 2.75) is 6.92 Å². The SMILES string of the molecule is Cc1cc(Br)cc(NS(C)=O)c1. The van der Waals surface area contributed by atoms with E-state index in [-0.39, 0.29) is 0 Å². The van der Waals surface area contributed by atoms with Crippen molar-refractivity contribution in [3.05, 3.63) is 28.2 Å².